The maximum atomic E-state index is 13.9. The van der Waals surface area contributed by atoms with Crippen LogP contribution >= 0.6 is 11.6 Å². The Balaban J connectivity index is 1.97. The predicted molar refractivity (Wildman–Crippen MR) is 156 cm³/mol. The van der Waals surface area contributed by atoms with Crippen LogP contribution in [0.2, 0.25) is 5.02 Å². The fourth-order valence-corrected chi connectivity index (χ4v) is 5.02. The molecule has 0 bridgehead atoms. The molecule has 1 N–H and O–H groups in total. The van der Waals surface area contributed by atoms with Crippen LogP contribution in [0.3, 0.4) is 0 Å². The van der Waals surface area contributed by atoms with Crippen LogP contribution < -0.4 is 5.32 Å². The third-order valence-electron chi connectivity index (χ3n) is 6.35. The molecule has 0 aliphatic rings. The molecule has 9 heteroatoms. The molecule has 0 aliphatic carbocycles. The number of carbonyl (C=O) groups excluding carboxylic acids is 2. The van der Waals surface area contributed by atoms with E-state index in [4.69, 9.17) is 11.6 Å². The van der Waals surface area contributed by atoms with E-state index < -0.39 is 28.5 Å². The summed E-state index contributed by atoms with van der Waals surface area (Å²) < 4.78 is 26.6. The van der Waals surface area contributed by atoms with Crippen molar-refractivity contribution >= 4 is 33.4 Å². The Labute approximate surface area is 236 Å². The maximum Gasteiger partial charge on any atom is 0.243 e. The standard InChI is InChI=1S/C30H36ClN3O4S/c1-3-4-19-32-30(36)28(20-24-11-7-5-8-12-24)34(22-26-15-17-27(31)18-16-26)29(35)23-33(39(2,37)38)21-25-13-9-6-10-14-25/h5-18,28H,3-4,19-23H2,1-2H3,(H,32,36). The van der Waals surface area contributed by atoms with Crippen molar-refractivity contribution in [2.45, 2.75) is 45.3 Å². The first-order valence-electron chi connectivity index (χ1n) is 13.0. The molecule has 208 valence electrons. The molecular formula is C30H36ClN3O4S. The van der Waals surface area contributed by atoms with Crippen LogP contribution in [-0.2, 0) is 39.1 Å². The molecule has 0 heterocycles. The van der Waals surface area contributed by atoms with Crippen molar-refractivity contribution in [3.05, 3.63) is 107 Å². The number of nitrogens with one attached hydrogen (secondary N) is 1. The zero-order valence-electron chi connectivity index (χ0n) is 22.4. The highest BCUT2D eigenvalue weighted by molar-refractivity contribution is 7.88. The Morgan fingerprint density at radius 2 is 1.41 bits per heavy atom. The second-order valence-corrected chi connectivity index (χ2v) is 11.9. The van der Waals surface area contributed by atoms with Gasteiger partial charge in [-0.2, -0.15) is 4.31 Å². The van der Waals surface area contributed by atoms with E-state index in [1.807, 2.05) is 67.6 Å². The van der Waals surface area contributed by atoms with Crippen molar-refractivity contribution in [1.82, 2.24) is 14.5 Å². The summed E-state index contributed by atoms with van der Waals surface area (Å²) in [4.78, 5) is 29.0. The zero-order chi connectivity index (χ0) is 28.3. The van der Waals surface area contributed by atoms with E-state index in [-0.39, 0.29) is 25.4 Å². The number of unbranched alkanes of at least 4 members (excludes halogenated alkanes) is 1. The Kier molecular flexibility index (Phi) is 11.5. The molecule has 2 amide bonds. The van der Waals surface area contributed by atoms with E-state index in [2.05, 4.69) is 5.32 Å². The molecular weight excluding hydrogens is 534 g/mol. The lowest BCUT2D eigenvalue weighted by Gasteiger charge is -2.33. The molecule has 3 aromatic carbocycles. The number of halogens is 1. The third kappa shape index (κ3) is 9.80. The molecule has 1 unspecified atom stereocenters. The van der Waals surface area contributed by atoms with Gasteiger partial charge in [0.15, 0.2) is 0 Å². The van der Waals surface area contributed by atoms with Crippen molar-refractivity contribution in [3.8, 4) is 0 Å². The van der Waals surface area contributed by atoms with E-state index in [1.54, 1.807) is 24.3 Å². The van der Waals surface area contributed by atoms with E-state index in [9.17, 15) is 18.0 Å². The monoisotopic (exact) mass is 569 g/mol. The molecule has 0 aliphatic heterocycles. The van der Waals surface area contributed by atoms with Crippen molar-refractivity contribution in [1.29, 1.82) is 0 Å². The van der Waals surface area contributed by atoms with Crippen LogP contribution in [0.5, 0.6) is 0 Å². The minimum Gasteiger partial charge on any atom is -0.354 e. The van der Waals surface area contributed by atoms with Crippen LogP contribution in [0.4, 0.5) is 0 Å². The lowest BCUT2D eigenvalue weighted by molar-refractivity contribution is -0.141. The van der Waals surface area contributed by atoms with Gasteiger partial charge < -0.3 is 10.2 Å². The Hall–Kier alpha value is -3.20. The highest BCUT2D eigenvalue weighted by Crippen LogP contribution is 2.18. The summed E-state index contributed by atoms with van der Waals surface area (Å²) in [5, 5.41) is 3.53. The number of nitrogens with zero attached hydrogens (tertiary/aromatic N) is 2. The summed E-state index contributed by atoms with van der Waals surface area (Å²) in [6.45, 7) is 2.31. The van der Waals surface area contributed by atoms with Crippen LogP contribution in [0, 0.1) is 0 Å². The minimum atomic E-state index is -3.72. The van der Waals surface area contributed by atoms with Crippen molar-refractivity contribution in [2.75, 3.05) is 19.3 Å². The normalized spacial score (nSPS) is 12.2. The number of sulfonamides is 1. The number of hydrogen-bond acceptors (Lipinski definition) is 4. The molecule has 0 aromatic heterocycles. The largest absolute Gasteiger partial charge is 0.354 e. The summed E-state index contributed by atoms with van der Waals surface area (Å²) in [5.41, 5.74) is 2.44. The van der Waals surface area contributed by atoms with Crippen molar-refractivity contribution < 1.29 is 18.0 Å². The van der Waals surface area contributed by atoms with E-state index in [0.717, 1.165) is 40.1 Å². The van der Waals surface area contributed by atoms with Gasteiger partial charge in [-0.1, -0.05) is 97.7 Å². The summed E-state index contributed by atoms with van der Waals surface area (Å²) in [5.74, 6) is -0.735. The topological polar surface area (TPSA) is 86.8 Å². The molecule has 0 saturated carbocycles. The summed E-state index contributed by atoms with van der Waals surface area (Å²) >= 11 is 6.08. The fourth-order valence-electron chi connectivity index (χ4n) is 4.17. The number of rotatable bonds is 14. The second kappa shape index (κ2) is 14.8. The molecule has 3 rings (SSSR count). The predicted octanol–water partition coefficient (Wildman–Crippen LogP) is 4.66. The van der Waals surface area contributed by atoms with Gasteiger partial charge in [-0.25, -0.2) is 8.42 Å². The molecule has 0 spiro atoms. The maximum absolute atomic E-state index is 13.9. The van der Waals surface area contributed by atoms with Gasteiger partial charge in [0.05, 0.1) is 12.8 Å². The average Bonchev–Trinajstić information content (AvgIpc) is 2.92. The van der Waals surface area contributed by atoms with Crippen LogP contribution in [0.1, 0.15) is 36.5 Å². The van der Waals surface area contributed by atoms with E-state index in [0.29, 0.717) is 11.6 Å². The molecule has 3 aromatic rings. The number of benzene rings is 3. The van der Waals surface area contributed by atoms with Gasteiger partial charge in [-0.15, -0.1) is 0 Å². The summed E-state index contributed by atoms with van der Waals surface area (Å²) in [7, 11) is -3.72. The lowest BCUT2D eigenvalue weighted by atomic mass is 10.0. The Morgan fingerprint density at radius 3 is 1.97 bits per heavy atom. The zero-order valence-corrected chi connectivity index (χ0v) is 24.0. The average molecular weight is 570 g/mol. The van der Waals surface area contributed by atoms with Gasteiger partial charge >= 0.3 is 0 Å². The first-order valence-corrected chi connectivity index (χ1v) is 15.2. The smallest absolute Gasteiger partial charge is 0.243 e. The van der Waals surface area contributed by atoms with Gasteiger partial charge in [0.25, 0.3) is 0 Å². The SMILES string of the molecule is CCCCNC(=O)C(Cc1ccccc1)N(Cc1ccc(Cl)cc1)C(=O)CN(Cc1ccccc1)S(C)(=O)=O. The van der Waals surface area contributed by atoms with E-state index >= 15 is 0 Å². The fraction of sp³-hybridized carbons (Fsp3) is 0.333. The third-order valence-corrected chi connectivity index (χ3v) is 7.80. The number of hydrogen-bond donors (Lipinski definition) is 1. The number of carbonyl (C=O) groups is 2. The first-order chi connectivity index (χ1) is 18.7. The quantitative estimate of drug-likeness (QED) is 0.286. The van der Waals surface area contributed by atoms with Crippen LogP contribution in [0.15, 0.2) is 84.9 Å². The molecule has 0 saturated heterocycles. The number of amides is 2. The van der Waals surface area contributed by atoms with Crippen LogP contribution in [-0.4, -0.2) is 54.8 Å². The van der Waals surface area contributed by atoms with Crippen molar-refractivity contribution in [2.24, 2.45) is 0 Å². The first kappa shape index (κ1) is 30.3. The molecule has 39 heavy (non-hydrogen) atoms. The molecule has 7 nitrogen and oxygen atoms in total. The van der Waals surface area contributed by atoms with Gasteiger partial charge in [-0.3, -0.25) is 9.59 Å². The highest BCUT2D eigenvalue weighted by Gasteiger charge is 2.32. The van der Waals surface area contributed by atoms with Crippen molar-refractivity contribution in [3.63, 3.8) is 0 Å². The highest BCUT2D eigenvalue weighted by atomic mass is 35.5. The summed E-state index contributed by atoms with van der Waals surface area (Å²) in [6.07, 6.45) is 3.11. The van der Waals surface area contributed by atoms with Crippen LogP contribution in [0.25, 0.3) is 0 Å². The second-order valence-electron chi connectivity index (χ2n) is 9.51. The summed E-state index contributed by atoms with van der Waals surface area (Å²) in [6, 6.07) is 24.8. The molecule has 0 radical (unpaired) electrons. The minimum absolute atomic E-state index is 0.0479. The van der Waals surface area contributed by atoms with Gasteiger partial charge in [-0.05, 0) is 35.2 Å². The van der Waals surface area contributed by atoms with Gasteiger partial charge in [0.1, 0.15) is 6.04 Å². The Morgan fingerprint density at radius 1 is 0.846 bits per heavy atom. The Bertz CT molecular complexity index is 1300. The van der Waals surface area contributed by atoms with Gasteiger partial charge in [0.2, 0.25) is 21.8 Å². The van der Waals surface area contributed by atoms with E-state index in [1.165, 1.54) is 4.90 Å². The van der Waals surface area contributed by atoms with Gasteiger partial charge in [0, 0.05) is 31.1 Å². The molecule has 0 fully saturated rings. The lowest BCUT2D eigenvalue weighted by Crippen LogP contribution is -2.53. The molecule has 1 atom stereocenters.